The van der Waals surface area contributed by atoms with E-state index in [0.717, 1.165) is 31.2 Å². The van der Waals surface area contributed by atoms with E-state index in [1.54, 1.807) is 12.3 Å². The highest BCUT2D eigenvalue weighted by molar-refractivity contribution is 7.84. The molecule has 2 rings (SSSR count). The van der Waals surface area contributed by atoms with Crippen molar-refractivity contribution in [2.24, 2.45) is 5.92 Å². The molecular formula is C17H25FN2O2S. The summed E-state index contributed by atoms with van der Waals surface area (Å²) in [6.45, 7) is 1.83. The van der Waals surface area contributed by atoms with E-state index < -0.39 is 10.8 Å². The first kappa shape index (κ1) is 17.9. The molecule has 0 bridgehead atoms. The number of rotatable bonds is 6. The quantitative estimate of drug-likeness (QED) is 0.836. The van der Waals surface area contributed by atoms with E-state index in [9.17, 15) is 13.4 Å². The number of amides is 2. The minimum Gasteiger partial charge on any atom is -0.335 e. The zero-order valence-electron chi connectivity index (χ0n) is 13.7. The van der Waals surface area contributed by atoms with Crippen molar-refractivity contribution in [2.45, 2.75) is 44.7 Å². The summed E-state index contributed by atoms with van der Waals surface area (Å²) in [4.78, 5) is 12.2. The fraction of sp³-hybridized carbons (Fsp3) is 0.588. The van der Waals surface area contributed by atoms with Crippen LogP contribution in [0.25, 0.3) is 0 Å². The molecule has 1 saturated carbocycles. The van der Waals surface area contributed by atoms with Crippen LogP contribution in [0.5, 0.6) is 0 Å². The Labute approximate surface area is 139 Å². The number of carbonyl (C=O) groups is 1. The van der Waals surface area contributed by atoms with Crippen LogP contribution in [-0.2, 0) is 10.8 Å². The van der Waals surface area contributed by atoms with Crippen LogP contribution >= 0.6 is 0 Å². The molecule has 0 aliphatic heterocycles. The number of halogens is 1. The van der Waals surface area contributed by atoms with Crippen LogP contribution in [0.15, 0.2) is 24.3 Å². The van der Waals surface area contributed by atoms with Gasteiger partial charge in [-0.2, -0.15) is 0 Å². The SMILES string of the molecule is C[C@H](C[S@@](C)=O)NC(=O)N[C@@H](c1cccc(F)c1)C1CCCC1. The van der Waals surface area contributed by atoms with Crippen molar-refractivity contribution < 1.29 is 13.4 Å². The average Bonchev–Trinajstić information content (AvgIpc) is 2.97. The molecule has 1 aliphatic carbocycles. The molecule has 1 aromatic carbocycles. The van der Waals surface area contributed by atoms with Gasteiger partial charge in [-0.15, -0.1) is 0 Å². The van der Waals surface area contributed by atoms with Crippen LogP contribution in [0.1, 0.15) is 44.2 Å². The second kappa shape index (κ2) is 8.43. The summed E-state index contributed by atoms with van der Waals surface area (Å²) in [6, 6.07) is 5.79. The molecule has 2 N–H and O–H groups in total. The number of nitrogens with one attached hydrogen (secondary N) is 2. The number of urea groups is 1. The van der Waals surface area contributed by atoms with Crippen molar-refractivity contribution in [3.8, 4) is 0 Å². The first-order valence-electron chi connectivity index (χ1n) is 8.08. The normalized spacial score (nSPS) is 19.1. The van der Waals surface area contributed by atoms with E-state index in [0.29, 0.717) is 11.7 Å². The lowest BCUT2D eigenvalue weighted by Crippen LogP contribution is -2.45. The number of carbonyl (C=O) groups excluding carboxylic acids is 1. The summed E-state index contributed by atoms with van der Waals surface area (Å²) in [5.41, 5.74) is 0.804. The third-order valence-corrected chi connectivity index (χ3v) is 5.20. The van der Waals surface area contributed by atoms with Crippen LogP contribution in [0.4, 0.5) is 9.18 Å². The van der Waals surface area contributed by atoms with Crippen molar-refractivity contribution in [3.05, 3.63) is 35.6 Å². The van der Waals surface area contributed by atoms with Gasteiger partial charge in [0.2, 0.25) is 0 Å². The van der Waals surface area contributed by atoms with Crippen LogP contribution in [0.2, 0.25) is 0 Å². The third kappa shape index (κ3) is 5.61. The summed E-state index contributed by atoms with van der Waals surface area (Å²) >= 11 is 0. The van der Waals surface area contributed by atoms with Crippen LogP contribution < -0.4 is 10.6 Å². The molecule has 0 heterocycles. The lowest BCUT2D eigenvalue weighted by atomic mass is 9.91. The molecule has 4 nitrogen and oxygen atoms in total. The summed E-state index contributed by atoms with van der Waals surface area (Å²) in [5, 5.41) is 5.80. The van der Waals surface area contributed by atoms with Gasteiger partial charge in [-0.1, -0.05) is 25.0 Å². The molecule has 2 amide bonds. The van der Waals surface area contributed by atoms with E-state index in [4.69, 9.17) is 0 Å². The Kier molecular flexibility index (Phi) is 6.57. The monoisotopic (exact) mass is 340 g/mol. The molecule has 1 fully saturated rings. The van der Waals surface area contributed by atoms with E-state index >= 15 is 0 Å². The summed E-state index contributed by atoms with van der Waals surface area (Å²) in [5.74, 6) is 0.460. The molecule has 0 radical (unpaired) electrons. The maximum absolute atomic E-state index is 13.5. The average molecular weight is 340 g/mol. The van der Waals surface area contributed by atoms with Crippen LogP contribution in [0, 0.1) is 11.7 Å². The van der Waals surface area contributed by atoms with E-state index in [-0.39, 0.29) is 23.9 Å². The first-order chi connectivity index (χ1) is 11.0. The van der Waals surface area contributed by atoms with Crippen molar-refractivity contribution in [1.29, 1.82) is 0 Å². The molecule has 0 saturated heterocycles. The van der Waals surface area contributed by atoms with Gasteiger partial charge in [0.1, 0.15) is 5.82 Å². The van der Waals surface area contributed by atoms with E-state index in [1.165, 1.54) is 12.1 Å². The number of hydrogen-bond acceptors (Lipinski definition) is 2. The van der Waals surface area contributed by atoms with Crippen molar-refractivity contribution in [2.75, 3.05) is 12.0 Å². The smallest absolute Gasteiger partial charge is 0.315 e. The maximum Gasteiger partial charge on any atom is 0.315 e. The van der Waals surface area contributed by atoms with Gasteiger partial charge in [-0.05, 0) is 43.4 Å². The molecule has 128 valence electrons. The minimum absolute atomic E-state index is 0.169. The Morgan fingerprint density at radius 2 is 2.04 bits per heavy atom. The highest BCUT2D eigenvalue weighted by Crippen LogP contribution is 2.35. The van der Waals surface area contributed by atoms with Crippen LogP contribution in [-0.4, -0.2) is 28.3 Å². The van der Waals surface area contributed by atoms with E-state index in [2.05, 4.69) is 10.6 Å². The Morgan fingerprint density at radius 3 is 2.65 bits per heavy atom. The van der Waals surface area contributed by atoms with Gasteiger partial charge in [-0.3, -0.25) is 4.21 Å². The minimum atomic E-state index is -0.958. The van der Waals surface area contributed by atoms with Gasteiger partial charge in [0.25, 0.3) is 0 Å². The molecular weight excluding hydrogens is 315 g/mol. The molecule has 1 aromatic rings. The van der Waals surface area contributed by atoms with Gasteiger partial charge in [0.05, 0.1) is 6.04 Å². The zero-order valence-corrected chi connectivity index (χ0v) is 14.5. The van der Waals surface area contributed by atoms with Gasteiger partial charge in [0, 0.05) is 28.9 Å². The topological polar surface area (TPSA) is 58.2 Å². The van der Waals surface area contributed by atoms with Crippen molar-refractivity contribution in [3.63, 3.8) is 0 Å². The standard InChI is InChI=1S/C17H25FN2O2S/c1-12(11-23(2)22)19-17(21)20-16(13-6-3-4-7-13)14-8-5-9-15(18)10-14/h5,8-10,12-13,16H,3-4,6-7,11H2,1-2H3,(H2,19,20,21)/t12-,16-,23-/m1/s1. The van der Waals surface area contributed by atoms with Gasteiger partial charge < -0.3 is 10.6 Å². The highest BCUT2D eigenvalue weighted by atomic mass is 32.2. The third-order valence-electron chi connectivity index (χ3n) is 4.23. The molecule has 3 atom stereocenters. The van der Waals surface area contributed by atoms with Gasteiger partial charge in [-0.25, -0.2) is 9.18 Å². The summed E-state index contributed by atoms with van der Waals surface area (Å²) in [6.07, 6.45) is 5.98. The Morgan fingerprint density at radius 1 is 1.35 bits per heavy atom. The second-order valence-corrected chi connectivity index (χ2v) is 7.82. The predicted octanol–water partition coefficient (Wildman–Crippen LogP) is 3.12. The molecule has 0 spiro atoms. The summed E-state index contributed by atoms with van der Waals surface area (Å²) in [7, 11) is -0.958. The van der Waals surface area contributed by atoms with Gasteiger partial charge >= 0.3 is 6.03 Å². The molecule has 0 aromatic heterocycles. The lowest BCUT2D eigenvalue weighted by molar-refractivity contribution is 0.229. The van der Waals surface area contributed by atoms with Crippen molar-refractivity contribution >= 4 is 16.8 Å². The number of benzene rings is 1. The first-order valence-corrected chi connectivity index (χ1v) is 9.81. The zero-order chi connectivity index (χ0) is 16.8. The van der Waals surface area contributed by atoms with Crippen LogP contribution in [0.3, 0.4) is 0 Å². The predicted molar refractivity (Wildman–Crippen MR) is 91.2 cm³/mol. The molecule has 0 unspecified atom stereocenters. The number of hydrogen-bond donors (Lipinski definition) is 2. The maximum atomic E-state index is 13.5. The fourth-order valence-electron chi connectivity index (χ4n) is 3.26. The second-order valence-electron chi connectivity index (χ2n) is 6.34. The molecule has 1 aliphatic rings. The Bertz CT molecular complexity index is 561. The fourth-order valence-corrected chi connectivity index (χ4v) is 4.05. The Hall–Kier alpha value is -1.43. The lowest BCUT2D eigenvalue weighted by Gasteiger charge is -2.26. The van der Waals surface area contributed by atoms with E-state index in [1.807, 2.05) is 13.0 Å². The summed E-state index contributed by atoms with van der Waals surface area (Å²) < 4.78 is 24.8. The molecule has 6 heteroatoms. The molecule has 23 heavy (non-hydrogen) atoms. The Balaban J connectivity index is 2.05. The highest BCUT2D eigenvalue weighted by Gasteiger charge is 2.28. The van der Waals surface area contributed by atoms with Gasteiger partial charge in [0.15, 0.2) is 0 Å². The van der Waals surface area contributed by atoms with Crippen molar-refractivity contribution in [1.82, 2.24) is 10.6 Å². The largest absolute Gasteiger partial charge is 0.335 e.